The number of hydrogen-bond donors (Lipinski definition) is 3. The minimum atomic E-state index is -1.40. The molecule has 0 aliphatic rings. The number of nitrogens with one attached hydrogen (secondary N) is 1. The molecule has 0 aliphatic carbocycles. The van der Waals surface area contributed by atoms with Crippen LogP contribution in [0, 0.1) is 5.92 Å². The number of benzene rings is 1. The predicted octanol–water partition coefficient (Wildman–Crippen LogP) is -2.64. The Morgan fingerprint density at radius 1 is 1.26 bits per heavy atom. The van der Waals surface area contributed by atoms with Crippen molar-refractivity contribution in [2.24, 2.45) is 5.92 Å². The summed E-state index contributed by atoms with van der Waals surface area (Å²) in [4.78, 5) is 36.3. The average Bonchev–Trinajstić information content (AvgIpc) is 3.05. The van der Waals surface area contributed by atoms with Gasteiger partial charge in [-0.2, -0.15) is 0 Å². The molecule has 8 nitrogen and oxygen atoms in total. The standard InChI is InChI=1S/C18H21N3O5.Na/c1-10(2)8-13(18(25)26)20-16(23)14-4-3-7-21(14)17(24)12-9-11(19)5-6-15(12)22;/h3-7,9-10,13,22H,8,19H2,1-2H3,(H,20,23)(H,25,26);/q;+1/p-1/t13-;/m0./s1. The van der Waals surface area contributed by atoms with Gasteiger partial charge in [-0.15, -0.1) is 0 Å². The van der Waals surface area contributed by atoms with Crippen molar-refractivity contribution in [3.63, 3.8) is 0 Å². The Morgan fingerprint density at radius 3 is 2.52 bits per heavy atom. The smallest absolute Gasteiger partial charge is 0.548 e. The van der Waals surface area contributed by atoms with Crippen LogP contribution in [-0.4, -0.2) is 33.5 Å². The summed E-state index contributed by atoms with van der Waals surface area (Å²) in [5.74, 6) is -3.06. The van der Waals surface area contributed by atoms with Crippen LogP contribution in [0.25, 0.3) is 0 Å². The summed E-state index contributed by atoms with van der Waals surface area (Å²) in [6, 6.07) is 5.67. The molecule has 9 heteroatoms. The van der Waals surface area contributed by atoms with E-state index in [9.17, 15) is 24.6 Å². The number of rotatable bonds is 6. The van der Waals surface area contributed by atoms with Crippen LogP contribution in [0.4, 0.5) is 5.69 Å². The fourth-order valence-electron chi connectivity index (χ4n) is 2.52. The van der Waals surface area contributed by atoms with E-state index in [1.165, 1.54) is 36.5 Å². The molecule has 0 bridgehead atoms. The number of aromatic hydroxyl groups is 1. The maximum atomic E-state index is 12.6. The van der Waals surface area contributed by atoms with E-state index >= 15 is 0 Å². The fraction of sp³-hybridized carbons (Fsp3) is 0.278. The van der Waals surface area contributed by atoms with Gasteiger partial charge >= 0.3 is 29.6 Å². The first kappa shape index (κ1) is 22.8. The van der Waals surface area contributed by atoms with Gasteiger partial charge in [0.2, 0.25) is 0 Å². The van der Waals surface area contributed by atoms with Gasteiger partial charge in [0.05, 0.1) is 17.6 Å². The summed E-state index contributed by atoms with van der Waals surface area (Å²) in [7, 11) is 0. The van der Waals surface area contributed by atoms with E-state index in [0.29, 0.717) is 0 Å². The summed E-state index contributed by atoms with van der Waals surface area (Å²) in [6.07, 6.45) is 1.54. The number of amides is 1. The van der Waals surface area contributed by atoms with Gasteiger partial charge in [0.1, 0.15) is 11.4 Å². The number of aromatic nitrogens is 1. The minimum Gasteiger partial charge on any atom is -0.548 e. The summed E-state index contributed by atoms with van der Waals surface area (Å²) in [5.41, 5.74) is 5.78. The number of nitrogen functional groups attached to an aromatic ring is 1. The van der Waals surface area contributed by atoms with Crippen LogP contribution in [0.1, 0.15) is 41.1 Å². The zero-order valence-corrected chi connectivity index (χ0v) is 17.4. The number of phenolic OH excluding ortho intramolecular Hbond substituents is 1. The Morgan fingerprint density at radius 2 is 1.93 bits per heavy atom. The molecular formula is C18H20N3NaO5. The van der Waals surface area contributed by atoms with Gasteiger partial charge in [0.15, 0.2) is 0 Å². The quantitative estimate of drug-likeness (QED) is 0.284. The van der Waals surface area contributed by atoms with Crippen molar-refractivity contribution in [2.75, 3.05) is 5.73 Å². The molecule has 1 amide bonds. The molecule has 1 aromatic carbocycles. The molecule has 1 atom stereocenters. The summed E-state index contributed by atoms with van der Waals surface area (Å²) in [6.45, 7) is 3.63. The number of carbonyl (C=O) groups is 3. The van der Waals surface area contributed by atoms with Gasteiger partial charge in [-0.05, 0) is 42.7 Å². The second-order valence-corrected chi connectivity index (χ2v) is 6.32. The van der Waals surface area contributed by atoms with E-state index < -0.39 is 23.8 Å². The maximum Gasteiger partial charge on any atom is 1.00 e. The van der Waals surface area contributed by atoms with Crippen molar-refractivity contribution in [3.05, 3.63) is 47.8 Å². The van der Waals surface area contributed by atoms with Gasteiger partial charge in [0.25, 0.3) is 11.8 Å². The van der Waals surface area contributed by atoms with Crippen LogP contribution >= 0.6 is 0 Å². The minimum absolute atomic E-state index is 0. The molecule has 1 heterocycles. The molecule has 0 fully saturated rings. The topological polar surface area (TPSA) is 137 Å². The monoisotopic (exact) mass is 381 g/mol. The Kier molecular flexibility index (Phi) is 8.08. The van der Waals surface area contributed by atoms with Crippen LogP contribution in [0.2, 0.25) is 0 Å². The fourth-order valence-corrected chi connectivity index (χ4v) is 2.52. The molecule has 0 unspecified atom stereocenters. The Balaban J connectivity index is 0.00000364. The van der Waals surface area contributed by atoms with Gasteiger partial charge in [-0.1, -0.05) is 13.8 Å². The van der Waals surface area contributed by atoms with E-state index in [2.05, 4.69) is 5.32 Å². The molecule has 27 heavy (non-hydrogen) atoms. The molecule has 0 spiro atoms. The molecule has 0 aliphatic heterocycles. The largest absolute Gasteiger partial charge is 1.00 e. The molecule has 2 aromatic rings. The number of hydrogen-bond acceptors (Lipinski definition) is 6. The van der Waals surface area contributed by atoms with E-state index in [1.807, 2.05) is 13.8 Å². The van der Waals surface area contributed by atoms with E-state index in [1.54, 1.807) is 0 Å². The Hall–Kier alpha value is -2.29. The number of nitrogens with two attached hydrogens (primary N) is 1. The normalized spacial score (nSPS) is 11.5. The van der Waals surface area contributed by atoms with E-state index in [4.69, 9.17) is 5.73 Å². The van der Waals surface area contributed by atoms with Crippen LogP contribution in [0.5, 0.6) is 5.75 Å². The van der Waals surface area contributed by atoms with Crippen LogP contribution in [-0.2, 0) is 4.79 Å². The van der Waals surface area contributed by atoms with Gasteiger partial charge in [0, 0.05) is 11.9 Å². The molecule has 2 rings (SSSR count). The second-order valence-electron chi connectivity index (χ2n) is 6.32. The van der Waals surface area contributed by atoms with Crippen molar-refractivity contribution >= 4 is 23.5 Å². The first-order valence-electron chi connectivity index (χ1n) is 8.03. The van der Waals surface area contributed by atoms with Crippen molar-refractivity contribution in [1.82, 2.24) is 9.88 Å². The third-order valence-corrected chi connectivity index (χ3v) is 3.75. The number of anilines is 1. The maximum absolute atomic E-state index is 12.6. The number of nitrogens with zero attached hydrogens (tertiary/aromatic N) is 1. The Labute approximate surface area is 178 Å². The number of carboxylic acids is 1. The van der Waals surface area contributed by atoms with Crippen LogP contribution < -0.4 is 45.7 Å². The van der Waals surface area contributed by atoms with E-state index in [-0.39, 0.29) is 64.6 Å². The van der Waals surface area contributed by atoms with Crippen molar-refractivity contribution in [1.29, 1.82) is 0 Å². The number of aliphatic carboxylic acids is 1. The van der Waals surface area contributed by atoms with Gasteiger partial charge in [-0.3, -0.25) is 14.2 Å². The van der Waals surface area contributed by atoms with Gasteiger partial charge < -0.3 is 26.1 Å². The third-order valence-electron chi connectivity index (χ3n) is 3.75. The molecule has 0 saturated heterocycles. The van der Waals surface area contributed by atoms with Crippen LogP contribution in [0.15, 0.2) is 36.5 Å². The van der Waals surface area contributed by atoms with Crippen molar-refractivity contribution < 1.29 is 54.2 Å². The zero-order valence-electron chi connectivity index (χ0n) is 15.4. The average molecular weight is 381 g/mol. The number of carbonyl (C=O) groups excluding carboxylic acids is 3. The molecule has 0 radical (unpaired) electrons. The van der Waals surface area contributed by atoms with Crippen molar-refractivity contribution in [2.45, 2.75) is 26.3 Å². The SMILES string of the molecule is CC(C)C[C@H](NC(=O)c1cccn1C(=O)c1cc(N)ccc1O)C(=O)[O-].[Na+]. The number of carboxylic acid groups (broad SMARTS) is 1. The first-order valence-corrected chi connectivity index (χ1v) is 8.03. The molecule has 4 N–H and O–H groups in total. The Bertz CT molecular complexity index is 847. The second kappa shape index (κ2) is 9.59. The van der Waals surface area contributed by atoms with E-state index in [0.717, 1.165) is 4.57 Å². The molecule has 1 aromatic heterocycles. The van der Waals surface area contributed by atoms with Gasteiger partial charge in [-0.25, -0.2) is 0 Å². The molecule has 138 valence electrons. The molecule has 0 saturated carbocycles. The van der Waals surface area contributed by atoms with Crippen LogP contribution in [0.3, 0.4) is 0 Å². The first-order chi connectivity index (χ1) is 12.2. The predicted molar refractivity (Wildman–Crippen MR) is 92.4 cm³/mol. The zero-order chi connectivity index (χ0) is 19.4. The summed E-state index contributed by atoms with van der Waals surface area (Å²) >= 11 is 0. The molecular weight excluding hydrogens is 361 g/mol. The van der Waals surface area contributed by atoms with Crippen molar-refractivity contribution in [3.8, 4) is 5.75 Å². The summed E-state index contributed by atoms with van der Waals surface area (Å²) < 4.78 is 1.02. The third kappa shape index (κ3) is 5.59. The summed E-state index contributed by atoms with van der Waals surface area (Å²) in [5, 5.41) is 23.5. The number of phenols is 1.